The average Bonchev–Trinajstić information content (AvgIpc) is 3.16. The molecule has 0 fully saturated rings. The van der Waals surface area contributed by atoms with Gasteiger partial charge in [0, 0.05) is 21.4 Å². The Balaban J connectivity index is 0.000000477. The number of hydrogen-bond donors (Lipinski definition) is 3. The predicted molar refractivity (Wildman–Crippen MR) is 152 cm³/mol. The molecule has 0 radical (unpaired) electrons. The molecule has 6 heteroatoms. The predicted octanol–water partition coefficient (Wildman–Crippen LogP) is 8.04. The van der Waals surface area contributed by atoms with E-state index in [1.54, 1.807) is 11.8 Å². The van der Waals surface area contributed by atoms with Crippen molar-refractivity contribution in [2.75, 3.05) is 11.6 Å². The highest BCUT2D eigenvalue weighted by Crippen LogP contribution is 2.38. The highest BCUT2D eigenvalue weighted by Gasteiger charge is 2.15. The minimum Gasteiger partial charge on any atom is -0.391 e. The molecule has 1 aromatic heterocycles. The Morgan fingerprint density at radius 3 is 2.03 bits per heavy atom. The Morgan fingerprint density at radius 1 is 1.03 bits per heavy atom. The molecule has 3 rings (SSSR count). The number of terminal acetylenes is 1. The summed E-state index contributed by atoms with van der Waals surface area (Å²) in [5.74, 6) is 0.526. The third-order valence-corrected chi connectivity index (χ3v) is 6.93. The Labute approximate surface area is 211 Å². The largest absolute Gasteiger partial charge is 0.391 e. The van der Waals surface area contributed by atoms with Crippen LogP contribution < -0.4 is 11.5 Å². The second-order valence-electron chi connectivity index (χ2n) is 7.75. The normalized spacial score (nSPS) is 11.4. The van der Waals surface area contributed by atoms with E-state index in [-0.39, 0.29) is 5.41 Å². The van der Waals surface area contributed by atoms with Crippen LogP contribution in [0.15, 0.2) is 64.9 Å². The van der Waals surface area contributed by atoms with Crippen molar-refractivity contribution in [3.8, 4) is 12.8 Å². The molecular formula is C26H31ClN2S3. The van der Waals surface area contributed by atoms with Gasteiger partial charge >= 0.3 is 0 Å². The van der Waals surface area contributed by atoms with E-state index in [0.717, 1.165) is 24.7 Å². The quantitative estimate of drug-likeness (QED) is 0.146. The van der Waals surface area contributed by atoms with E-state index < -0.39 is 0 Å². The van der Waals surface area contributed by atoms with Crippen LogP contribution in [-0.4, -0.2) is 5.88 Å². The molecule has 0 spiro atoms. The topological polar surface area (TPSA) is 52.0 Å². The molecule has 0 unspecified atom stereocenters. The Hall–Kier alpha value is -1.81. The van der Waals surface area contributed by atoms with Gasteiger partial charge in [-0.25, -0.2) is 0 Å². The van der Waals surface area contributed by atoms with Crippen LogP contribution in [0.2, 0.25) is 5.02 Å². The lowest BCUT2D eigenvalue weighted by Crippen LogP contribution is -2.10. The van der Waals surface area contributed by atoms with E-state index in [2.05, 4.69) is 77.4 Å². The first kappa shape index (κ1) is 28.2. The second-order valence-corrected chi connectivity index (χ2v) is 11.1. The zero-order valence-electron chi connectivity index (χ0n) is 18.9. The van der Waals surface area contributed by atoms with Crippen molar-refractivity contribution < 1.29 is 0 Å². The first-order chi connectivity index (χ1) is 15.1. The molecule has 0 aliphatic heterocycles. The number of halogens is 1. The number of rotatable bonds is 4. The lowest BCUT2D eigenvalue weighted by molar-refractivity contribution is 0.590. The van der Waals surface area contributed by atoms with Crippen LogP contribution >= 0.6 is 47.3 Å². The fraction of sp³-hybridized carbons (Fsp3) is 0.231. The van der Waals surface area contributed by atoms with Crippen LogP contribution in [0.25, 0.3) is 10.5 Å². The molecule has 2 nitrogen and oxygen atoms in total. The SMILES string of the molecule is C#C.C/C(=C(\SCN)c1ccccc1Cl)c1ccc(C(C)(C)C)cc1.Nc1ccc(S)s1. The maximum Gasteiger partial charge on any atom is 0.0868 e. The van der Waals surface area contributed by atoms with Crippen molar-refractivity contribution in [3.05, 3.63) is 82.4 Å². The van der Waals surface area contributed by atoms with Crippen molar-refractivity contribution in [2.45, 2.75) is 37.3 Å². The summed E-state index contributed by atoms with van der Waals surface area (Å²) in [4.78, 5) is 1.14. The molecule has 0 aliphatic rings. The van der Waals surface area contributed by atoms with E-state index in [4.69, 9.17) is 23.1 Å². The first-order valence-electron chi connectivity index (χ1n) is 9.90. The van der Waals surface area contributed by atoms with Gasteiger partial charge < -0.3 is 11.5 Å². The smallest absolute Gasteiger partial charge is 0.0868 e. The lowest BCUT2D eigenvalue weighted by Gasteiger charge is -2.20. The van der Waals surface area contributed by atoms with E-state index in [9.17, 15) is 0 Å². The van der Waals surface area contributed by atoms with Gasteiger partial charge in [-0.2, -0.15) is 0 Å². The summed E-state index contributed by atoms with van der Waals surface area (Å²) >= 11 is 13.5. The number of thiophene rings is 1. The standard InChI is InChI=1S/C20H24ClNS.C4H5NS2.C2H2/c1-14(15-9-11-16(12-10-15)20(2,3)4)19(23-13-22)17-7-5-6-8-18(17)21;5-3-1-2-4(6)7-3;1-2/h5-12H,13,22H2,1-4H3;1-2,6H,5H2;1-2H/b19-14+;;. The first-order valence-corrected chi connectivity index (χ1v) is 12.5. The van der Waals surface area contributed by atoms with Gasteiger partial charge in [0.05, 0.1) is 9.21 Å². The minimum absolute atomic E-state index is 0.160. The molecule has 0 atom stereocenters. The summed E-state index contributed by atoms with van der Waals surface area (Å²) in [7, 11) is 0. The maximum atomic E-state index is 6.38. The number of benzene rings is 2. The van der Waals surface area contributed by atoms with E-state index in [1.807, 2.05) is 36.4 Å². The molecule has 4 N–H and O–H groups in total. The fourth-order valence-corrected chi connectivity index (χ4v) is 4.84. The summed E-state index contributed by atoms with van der Waals surface area (Å²) < 4.78 is 0.970. The van der Waals surface area contributed by atoms with Crippen LogP contribution in [0.3, 0.4) is 0 Å². The number of thiol groups is 1. The Kier molecular flexibility index (Phi) is 12.1. The summed E-state index contributed by atoms with van der Waals surface area (Å²) in [6.07, 6.45) is 8.00. The van der Waals surface area contributed by atoms with Gasteiger partial charge in [0.25, 0.3) is 0 Å². The van der Waals surface area contributed by atoms with Gasteiger partial charge in [0.15, 0.2) is 0 Å². The van der Waals surface area contributed by atoms with E-state index in [0.29, 0.717) is 5.88 Å². The highest BCUT2D eigenvalue weighted by atomic mass is 35.5. The molecule has 1 heterocycles. The third-order valence-electron chi connectivity index (χ3n) is 4.48. The molecule has 32 heavy (non-hydrogen) atoms. The van der Waals surface area contributed by atoms with Gasteiger partial charge in [-0.3, -0.25) is 0 Å². The van der Waals surface area contributed by atoms with Gasteiger partial charge in [-0.15, -0.1) is 48.6 Å². The zero-order chi connectivity index (χ0) is 24.3. The monoisotopic (exact) mass is 502 g/mol. The average molecular weight is 503 g/mol. The third kappa shape index (κ3) is 8.61. The van der Waals surface area contributed by atoms with Crippen LogP contribution in [0.5, 0.6) is 0 Å². The van der Waals surface area contributed by atoms with Crippen LogP contribution in [-0.2, 0) is 5.41 Å². The summed E-state index contributed by atoms with van der Waals surface area (Å²) in [6.45, 7) is 8.81. The minimum atomic E-state index is 0.160. The number of thioether (sulfide) groups is 1. The van der Waals surface area contributed by atoms with Crippen molar-refractivity contribution in [2.24, 2.45) is 5.73 Å². The Morgan fingerprint density at radius 2 is 1.62 bits per heavy atom. The van der Waals surface area contributed by atoms with Crippen molar-refractivity contribution in [3.63, 3.8) is 0 Å². The molecule has 0 bridgehead atoms. The number of anilines is 1. The number of nitrogens with two attached hydrogens (primary N) is 2. The van der Waals surface area contributed by atoms with Gasteiger partial charge in [0.1, 0.15) is 0 Å². The molecule has 0 saturated heterocycles. The summed E-state index contributed by atoms with van der Waals surface area (Å²) in [5.41, 5.74) is 16.1. The van der Waals surface area contributed by atoms with Gasteiger partial charge in [-0.05, 0) is 47.2 Å². The molecule has 0 aliphatic carbocycles. The van der Waals surface area contributed by atoms with Crippen molar-refractivity contribution in [1.82, 2.24) is 0 Å². The number of allylic oxidation sites excluding steroid dienone is 1. The molecule has 0 saturated carbocycles. The van der Waals surface area contributed by atoms with Gasteiger partial charge in [-0.1, -0.05) is 74.8 Å². The fourth-order valence-electron chi connectivity index (χ4n) is 2.81. The van der Waals surface area contributed by atoms with Crippen LogP contribution in [0.4, 0.5) is 5.00 Å². The zero-order valence-corrected chi connectivity index (χ0v) is 22.2. The Bertz CT molecular complexity index is 1010. The molecular weight excluding hydrogens is 472 g/mol. The van der Waals surface area contributed by atoms with Gasteiger partial charge in [0.2, 0.25) is 0 Å². The van der Waals surface area contributed by atoms with E-state index in [1.165, 1.54) is 28.0 Å². The van der Waals surface area contributed by atoms with Crippen LogP contribution in [0, 0.1) is 12.8 Å². The number of nitrogen functional groups attached to an aromatic ring is 1. The summed E-state index contributed by atoms with van der Waals surface area (Å²) in [5, 5.41) is 1.58. The summed E-state index contributed by atoms with van der Waals surface area (Å²) in [6, 6.07) is 20.4. The molecule has 170 valence electrons. The lowest BCUT2D eigenvalue weighted by atomic mass is 9.86. The maximum absolute atomic E-state index is 6.38. The number of hydrogen-bond acceptors (Lipinski definition) is 5. The van der Waals surface area contributed by atoms with E-state index >= 15 is 0 Å². The molecule has 2 aromatic carbocycles. The highest BCUT2D eigenvalue weighted by molar-refractivity contribution is 8.08. The molecule has 3 aromatic rings. The van der Waals surface area contributed by atoms with Crippen molar-refractivity contribution >= 4 is 62.8 Å². The van der Waals surface area contributed by atoms with Crippen molar-refractivity contribution in [1.29, 1.82) is 0 Å². The van der Waals surface area contributed by atoms with Crippen LogP contribution in [0.1, 0.15) is 44.4 Å². The second kappa shape index (κ2) is 13.7. The molecule has 0 amide bonds.